The van der Waals surface area contributed by atoms with Gasteiger partial charge in [-0.1, -0.05) is 0 Å². The number of nitrogens with zero attached hydrogens (tertiary/aromatic N) is 6. The second-order valence-corrected chi connectivity index (χ2v) is 6.15. The minimum atomic E-state index is -4.53. The zero-order chi connectivity index (χ0) is 16.8. The van der Waals surface area contributed by atoms with E-state index in [1.807, 2.05) is 0 Å². The molecule has 124 valence electrons. The highest BCUT2D eigenvalue weighted by Gasteiger charge is 2.38. The molecule has 2 aromatic heterocycles. The molecule has 0 radical (unpaired) electrons. The van der Waals surface area contributed by atoms with Crippen LogP contribution in [0.4, 0.5) is 25.1 Å². The van der Waals surface area contributed by atoms with E-state index in [2.05, 4.69) is 36.0 Å². The van der Waals surface area contributed by atoms with Crippen LogP contribution in [-0.2, 0) is 6.18 Å². The number of alkyl halides is 3. The van der Waals surface area contributed by atoms with E-state index in [1.54, 1.807) is 23.9 Å². The fourth-order valence-electron chi connectivity index (χ4n) is 2.08. The minimum Gasteiger partial charge on any atom is -0.344 e. The van der Waals surface area contributed by atoms with Crippen LogP contribution < -0.4 is 9.80 Å². The van der Waals surface area contributed by atoms with Crippen molar-refractivity contribution in [3.05, 3.63) is 22.3 Å². The van der Waals surface area contributed by atoms with E-state index < -0.39 is 11.9 Å². The van der Waals surface area contributed by atoms with Gasteiger partial charge in [0, 0.05) is 33.4 Å². The summed E-state index contributed by atoms with van der Waals surface area (Å²) < 4.78 is 43.5. The molecule has 0 unspecified atom stereocenters. The van der Waals surface area contributed by atoms with Crippen molar-refractivity contribution in [3.63, 3.8) is 0 Å². The molecule has 0 aliphatic carbocycles. The first-order valence-corrected chi connectivity index (χ1v) is 7.40. The monoisotopic (exact) mass is 392 g/mol. The Morgan fingerprint density at radius 1 is 1.30 bits per heavy atom. The van der Waals surface area contributed by atoms with Crippen LogP contribution in [0.5, 0.6) is 0 Å². The van der Waals surface area contributed by atoms with Crippen molar-refractivity contribution in [3.8, 4) is 0 Å². The first-order chi connectivity index (χ1) is 10.8. The third kappa shape index (κ3) is 3.09. The smallest absolute Gasteiger partial charge is 0.344 e. The number of hydrogen-bond acceptors (Lipinski definition) is 7. The van der Waals surface area contributed by atoms with Crippen molar-refractivity contribution in [2.24, 2.45) is 0 Å². The molecule has 1 aliphatic rings. The Balaban J connectivity index is 1.72. The summed E-state index contributed by atoms with van der Waals surface area (Å²) in [6, 6.07) is 0. The van der Waals surface area contributed by atoms with Crippen molar-refractivity contribution < 1.29 is 17.7 Å². The van der Waals surface area contributed by atoms with Gasteiger partial charge >= 0.3 is 6.18 Å². The number of aromatic nitrogens is 4. The number of hydrogen-bond donors (Lipinski definition) is 0. The van der Waals surface area contributed by atoms with Gasteiger partial charge < -0.3 is 14.3 Å². The van der Waals surface area contributed by atoms with Crippen molar-refractivity contribution in [2.75, 3.05) is 37.0 Å². The van der Waals surface area contributed by atoms with Gasteiger partial charge in [-0.05, 0) is 21.1 Å². The number of anilines is 2. The largest absolute Gasteiger partial charge is 0.434 e. The minimum absolute atomic E-state index is 0.0316. The van der Waals surface area contributed by atoms with Crippen molar-refractivity contribution in [1.82, 2.24) is 20.1 Å². The van der Waals surface area contributed by atoms with Gasteiger partial charge in [0.1, 0.15) is 0 Å². The maximum atomic E-state index is 12.9. The zero-order valence-electron chi connectivity index (χ0n) is 12.2. The summed E-state index contributed by atoms with van der Waals surface area (Å²) in [4.78, 5) is 15.1. The molecule has 3 heterocycles. The fraction of sp³-hybridized carbons (Fsp3) is 0.500. The topological polar surface area (TPSA) is 71.2 Å². The molecule has 0 N–H and O–H groups in total. The molecular weight excluding hydrogens is 381 g/mol. The van der Waals surface area contributed by atoms with Gasteiger partial charge in [0.2, 0.25) is 11.8 Å². The van der Waals surface area contributed by atoms with Gasteiger partial charge in [0.25, 0.3) is 5.95 Å². The predicted molar refractivity (Wildman–Crippen MR) is 78.3 cm³/mol. The lowest BCUT2D eigenvalue weighted by molar-refractivity contribution is -0.141. The Bertz CT molecular complexity index is 713. The lowest BCUT2D eigenvalue weighted by Crippen LogP contribution is -2.46. The summed E-state index contributed by atoms with van der Waals surface area (Å²) in [6.07, 6.45) is -3.43. The van der Waals surface area contributed by atoms with Gasteiger partial charge in [-0.25, -0.2) is 9.97 Å². The van der Waals surface area contributed by atoms with Crippen LogP contribution in [0.3, 0.4) is 0 Å². The summed E-state index contributed by atoms with van der Waals surface area (Å²) in [5.74, 6) is 0.901. The molecule has 0 spiro atoms. The predicted octanol–water partition coefficient (Wildman–Crippen LogP) is 2.31. The van der Waals surface area contributed by atoms with E-state index in [-0.39, 0.29) is 16.3 Å². The quantitative estimate of drug-likeness (QED) is 0.793. The molecule has 1 aliphatic heterocycles. The van der Waals surface area contributed by atoms with E-state index in [9.17, 15) is 13.2 Å². The lowest BCUT2D eigenvalue weighted by Gasteiger charge is -2.37. The van der Waals surface area contributed by atoms with E-state index >= 15 is 0 Å². The third-order valence-electron chi connectivity index (χ3n) is 3.34. The summed E-state index contributed by atoms with van der Waals surface area (Å²) in [7, 11) is 3.58. The Morgan fingerprint density at radius 3 is 2.57 bits per heavy atom. The van der Waals surface area contributed by atoms with Crippen molar-refractivity contribution in [2.45, 2.75) is 12.1 Å². The van der Waals surface area contributed by atoms with Crippen LogP contribution in [0.15, 0.2) is 15.2 Å². The Kier molecular flexibility index (Phi) is 3.90. The Hall–Kier alpha value is -1.91. The van der Waals surface area contributed by atoms with Gasteiger partial charge in [-0.3, -0.25) is 0 Å². The van der Waals surface area contributed by atoms with Crippen LogP contribution in [0.1, 0.15) is 17.5 Å². The number of rotatable bonds is 3. The molecule has 0 saturated carbocycles. The average molecular weight is 393 g/mol. The van der Waals surface area contributed by atoms with Crippen LogP contribution in [0.25, 0.3) is 0 Å². The van der Waals surface area contributed by atoms with E-state index in [0.29, 0.717) is 24.9 Å². The molecule has 3 rings (SSSR count). The SMILES string of the molecule is CN(C)c1noc(C2CN(c3ncc(Br)c(C(F)(F)F)n3)C2)n1. The second-order valence-electron chi connectivity index (χ2n) is 5.29. The molecular formula is C12H12BrF3N6O. The van der Waals surface area contributed by atoms with Crippen LogP contribution in [-0.4, -0.2) is 47.3 Å². The van der Waals surface area contributed by atoms with E-state index in [4.69, 9.17) is 4.52 Å². The third-order valence-corrected chi connectivity index (χ3v) is 3.92. The molecule has 0 amide bonds. The summed E-state index contributed by atoms with van der Waals surface area (Å²) in [6.45, 7) is 0.849. The summed E-state index contributed by atoms with van der Waals surface area (Å²) in [5, 5.41) is 3.81. The number of halogens is 4. The highest BCUT2D eigenvalue weighted by Crippen LogP contribution is 2.35. The summed E-state index contributed by atoms with van der Waals surface area (Å²) in [5.41, 5.74) is -0.987. The average Bonchev–Trinajstić information content (AvgIpc) is 2.87. The highest BCUT2D eigenvalue weighted by molar-refractivity contribution is 9.10. The summed E-state index contributed by atoms with van der Waals surface area (Å²) >= 11 is 2.82. The maximum Gasteiger partial charge on any atom is 0.434 e. The van der Waals surface area contributed by atoms with Crippen LogP contribution in [0, 0.1) is 0 Å². The molecule has 23 heavy (non-hydrogen) atoms. The van der Waals surface area contributed by atoms with Gasteiger partial charge in [-0.2, -0.15) is 18.2 Å². The van der Waals surface area contributed by atoms with Gasteiger partial charge in [0.05, 0.1) is 10.4 Å². The van der Waals surface area contributed by atoms with Crippen molar-refractivity contribution >= 4 is 27.8 Å². The van der Waals surface area contributed by atoms with E-state index in [0.717, 1.165) is 6.20 Å². The maximum absolute atomic E-state index is 12.9. The molecule has 1 saturated heterocycles. The van der Waals surface area contributed by atoms with Crippen molar-refractivity contribution in [1.29, 1.82) is 0 Å². The first-order valence-electron chi connectivity index (χ1n) is 6.61. The molecule has 0 bridgehead atoms. The van der Waals surface area contributed by atoms with Gasteiger partial charge in [-0.15, -0.1) is 0 Å². The lowest BCUT2D eigenvalue weighted by atomic mass is 10.0. The molecule has 7 nitrogen and oxygen atoms in total. The highest BCUT2D eigenvalue weighted by atomic mass is 79.9. The molecule has 0 atom stereocenters. The molecule has 0 aromatic carbocycles. The second kappa shape index (κ2) is 5.62. The molecule has 1 fully saturated rings. The van der Waals surface area contributed by atoms with Crippen LogP contribution in [0.2, 0.25) is 0 Å². The Morgan fingerprint density at radius 2 is 2.00 bits per heavy atom. The fourth-order valence-corrected chi connectivity index (χ4v) is 2.50. The standard InChI is InChI=1S/C12H12BrF3N6O/c1-21(2)11-19-9(23-20-11)6-4-22(5-6)10-17-3-7(13)8(18-10)12(14,15)16/h3,6H,4-5H2,1-2H3. The molecule has 2 aromatic rings. The van der Waals surface area contributed by atoms with E-state index in [1.165, 1.54) is 0 Å². The van der Waals surface area contributed by atoms with Crippen LogP contribution >= 0.6 is 15.9 Å². The zero-order valence-corrected chi connectivity index (χ0v) is 13.8. The molecule has 11 heteroatoms. The first kappa shape index (κ1) is 16.0. The normalized spacial score (nSPS) is 15.7. The Labute approximate surface area is 137 Å². The van der Waals surface area contributed by atoms with Gasteiger partial charge in [0.15, 0.2) is 5.69 Å².